The number of nitro benzene ring substituents is 1. The second-order valence-corrected chi connectivity index (χ2v) is 7.64. The largest absolute Gasteiger partial charge is 0.372 e. The molecule has 0 spiro atoms. The van der Waals surface area contributed by atoms with Crippen molar-refractivity contribution in [1.29, 1.82) is 0 Å². The molecule has 2 aromatic carbocycles. The first-order valence-corrected chi connectivity index (χ1v) is 10.3. The number of nitrogens with one attached hydrogen (secondary N) is 1. The van der Waals surface area contributed by atoms with Gasteiger partial charge in [0.25, 0.3) is 5.69 Å². The second-order valence-electron chi connectivity index (χ2n) is 7.64. The van der Waals surface area contributed by atoms with Crippen molar-refractivity contribution in [2.24, 2.45) is 0 Å². The Kier molecular flexibility index (Phi) is 5.88. The number of hydrogen-bond acceptors (Lipinski definition) is 6. The number of nitrogens with zero attached hydrogens (tertiary/aromatic N) is 4. The van der Waals surface area contributed by atoms with Gasteiger partial charge >= 0.3 is 0 Å². The van der Waals surface area contributed by atoms with Crippen molar-refractivity contribution >= 4 is 17.2 Å². The van der Waals surface area contributed by atoms with Crippen LogP contribution < -0.4 is 10.2 Å². The van der Waals surface area contributed by atoms with Crippen molar-refractivity contribution in [2.45, 2.75) is 32.7 Å². The van der Waals surface area contributed by atoms with Crippen LogP contribution in [0, 0.1) is 17.0 Å². The lowest BCUT2D eigenvalue weighted by Crippen LogP contribution is -2.29. The average Bonchev–Trinajstić information content (AvgIpc) is 2.78. The van der Waals surface area contributed by atoms with Crippen molar-refractivity contribution in [3.05, 3.63) is 76.1 Å². The van der Waals surface area contributed by atoms with Crippen LogP contribution in [0.4, 0.5) is 17.2 Å². The number of rotatable bonds is 6. The summed E-state index contributed by atoms with van der Waals surface area (Å²) in [5.41, 5.74) is 4.46. The Balaban J connectivity index is 1.62. The molecule has 1 fully saturated rings. The molecule has 2 heterocycles. The van der Waals surface area contributed by atoms with E-state index in [0.717, 1.165) is 37.2 Å². The van der Waals surface area contributed by atoms with E-state index in [-0.39, 0.29) is 10.6 Å². The maximum absolute atomic E-state index is 11.6. The van der Waals surface area contributed by atoms with Crippen molar-refractivity contribution in [1.82, 2.24) is 9.97 Å². The maximum Gasteiger partial charge on any atom is 0.278 e. The first-order chi connectivity index (χ1) is 14.6. The number of piperidine rings is 1. The van der Waals surface area contributed by atoms with E-state index in [1.807, 2.05) is 18.2 Å². The summed E-state index contributed by atoms with van der Waals surface area (Å²) < 4.78 is 0. The van der Waals surface area contributed by atoms with E-state index in [1.165, 1.54) is 18.3 Å². The third-order valence-corrected chi connectivity index (χ3v) is 5.40. The van der Waals surface area contributed by atoms with Crippen LogP contribution in [0.15, 0.2) is 54.9 Å². The Hall–Kier alpha value is -3.48. The van der Waals surface area contributed by atoms with Crippen molar-refractivity contribution in [2.75, 3.05) is 23.3 Å². The van der Waals surface area contributed by atoms with Crippen molar-refractivity contribution < 1.29 is 4.92 Å². The Morgan fingerprint density at radius 3 is 2.67 bits per heavy atom. The average molecular weight is 403 g/mol. The lowest BCUT2D eigenvalue weighted by molar-refractivity contribution is -0.384. The molecule has 7 nitrogen and oxygen atoms in total. The summed E-state index contributed by atoms with van der Waals surface area (Å²) in [5.74, 6) is 0.638. The number of aromatic nitrogens is 2. The third kappa shape index (κ3) is 4.56. The SMILES string of the molecule is Cc1cccc(CNc2cc(-c3cc(N4CCCCC4)ccc3[N+](=O)[O-])ncn2)c1. The highest BCUT2D eigenvalue weighted by atomic mass is 16.6. The van der Waals surface area contributed by atoms with Gasteiger partial charge in [-0.05, 0) is 43.9 Å². The van der Waals surface area contributed by atoms with Gasteiger partial charge in [0.1, 0.15) is 12.1 Å². The van der Waals surface area contributed by atoms with Gasteiger partial charge in [-0.1, -0.05) is 29.8 Å². The molecule has 0 atom stereocenters. The highest BCUT2D eigenvalue weighted by Crippen LogP contribution is 2.34. The van der Waals surface area contributed by atoms with Crippen LogP contribution in [0.3, 0.4) is 0 Å². The predicted molar refractivity (Wildman–Crippen MR) is 119 cm³/mol. The van der Waals surface area contributed by atoms with Gasteiger partial charge < -0.3 is 10.2 Å². The van der Waals surface area contributed by atoms with E-state index in [9.17, 15) is 10.1 Å². The molecule has 0 amide bonds. The molecule has 1 N–H and O–H groups in total. The standard InChI is InChI=1S/C23H25N5O2/c1-17-6-5-7-18(12-17)15-24-23-14-21(25-16-26-23)20-13-19(8-9-22(20)28(29)30)27-10-3-2-4-11-27/h5-9,12-14,16H,2-4,10-11,15H2,1H3,(H,24,25,26). The molecule has 1 aromatic heterocycles. The van der Waals surface area contributed by atoms with Gasteiger partial charge in [0, 0.05) is 37.5 Å². The van der Waals surface area contributed by atoms with E-state index < -0.39 is 0 Å². The summed E-state index contributed by atoms with van der Waals surface area (Å²) in [4.78, 5) is 22.2. The van der Waals surface area contributed by atoms with Crippen molar-refractivity contribution in [3.8, 4) is 11.3 Å². The topological polar surface area (TPSA) is 84.2 Å². The molecule has 7 heteroatoms. The minimum Gasteiger partial charge on any atom is -0.372 e. The smallest absolute Gasteiger partial charge is 0.278 e. The summed E-state index contributed by atoms with van der Waals surface area (Å²) >= 11 is 0. The Morgan fingerprint density at radius 1 is 1.07 bits per heavy atom. The van der Waals surface area contributed by atoms with E-state index in [2.05, 4.69) is 45.3 Å². The number of aryl methyl sites for hydroxylation is 1. The van der Waals surface area contributed by atoms with E-state index >= 15 is 0 Å². The van der Waals surface area contributed by atoms with Crippen LogP contribution in [0.25, 0.3) is 11.3 Å². The van der Waals surface area contributed by atoms with E-state index in [1.54, 1.807) is 12.1 Å². The third-order valence-electron chi connectivity index (χ3n) is 5.40. The van der Waals surface area contributed by atoms with Gasteiger partial charge in [-0.3, -0.25) is 10.1 Å². The summed E-state index contributed by atoms with van der Waals surface area (Å²) in [6.07, 6.45) is 4.98. The van der Waals surface area contributed by atoms with Crippen LogP contribution >= 0.6 is 0 Å². The Labute approximate surface area is 175 Å². The molecule has 4 rings (SSSR count). The highest BCUT2D eigenvalue weighted by Gasteiger charge is 2.20. The Morgan fingerprint density at radius 2 is 1.90 bits per heavy atom. The molecule has 1 aliphatic rings. The molecule has 1 aliphatic heterocycles. The zero-order valence-corrected chi connectivity index (χ0v) is 17.0. The fourth-order valence-corrected chi connectivity index (χ4v) is 3.85. The van der Waals surface area contributed by atoms with Gasteiger partial charge in [-0.15, -0.1) is 0 Å². The second kappa shape index (κ2) is 8.90. The van der Waals surface area contributed by atoms with Gasteiger partial charge in [0.2, 0.25) is 0 Å². The summed E-state index contributed by atoms with van der Waals surface area (Å²) in [6.45, 7) is 4.63. The molecule has 0 saturated carbocycles. The highest BCUT2D eigenvalue weighted by molar-refractivity contribution is 5.76. The minimum atomic E-state index is -0.350. The fraction of sp³-hybridized carbons (Fsp3) is 0.304. The molecule has 30 heavy (non-hydrogen) atoms. The van der Waals surface area contributed by atoms with Crippen LogP contribution in [0.2, 0.25) is 0 Å². The van der Waals surface area contributed by atoms with Crippen molar-refractivity contribution in [3.63, 3.8) is 0 Å². The van der Waals surface area contributed by atoms with Gasteiger partial charge in [-0.25, -0.2) is 9.97 Å². The zero-order chi connectivity index (χ0) is 20.9. The number of benzene rings is 2. The predicted octanol–water partition coefficient (Wildman–Crippen LogP) is 4.96. The maximum atomic E-state index is 11.6. The summed E-state index contributed by atoms with van der Waals surface area (Å²) in [6, 6.07) is 15.3. The lowest BCUT2D eigenvalue weighted by Gasteiger charge is -2.29. The summed E-state index contributed by atoms with van der Waals surface area (Å²) in [7, 11) is 0. The fourth-order valence-electron chi connectivity index (χ4n) is 3.85. The molecular formula is C23H25N5O2. The van der Waals surface area contributed by atoms with E-state index in [4.69, 9.17) is 0 Å². The van der Waals surface area contributed by atoms with E-state index in [0.29, 0.717) is 23.6 Å². The van der Waals surface area contributed by atoms with Gasteiger partial charge in [-0.2, -0.15) is 0 Å². The molecule has 154 valence electrons. The monoisotopic (exact) mass is 403 g/mol. The zero-order valence-electron chi connectivity index (χ0n) is 17.0. The van der Waals surface area contributed by atoms with Crippen LogP contribution in [-0.2, 0) is 6.54 Å². The van der Waals surface area contributed by atoms with Gasteiger partial charge in [0.05, 0.1) is 16.2 Å². The molecule has 0 unspecified atom stereocenters. The number of anilines is 2. The lowest BCUT2D eigenvalue weighted by atomic mass is 10.1. The summed E-state index contributed by atoms with van der Waals surface area (Å²) in [5, 5.41) is 14.9. The molecule has 0 radical (unpaired) electrons. The molecular weight excluding hydrogens is 378 g/mol. The molecule has 3 aromatic rings. The van der Waals surface area contributed by atoms with Crippen LogP contribution in [-0.4, -0.2) is 28.0 Å². The van der Waals surface area contributed by atoms with Crippen LogP contribution in [0.5, 0.6) is 0 Å². The number of nitro groups is 1. The molecule has 0 aliphatic carbocycles. The quantitative estimate of drug-likeness (QED) is 0.462. The molecule has 1 saturated heterocycles. The van der Waals surface area contributed by atoms with Crippen LogP contribution in [0.1, 0.15) is 30.4 Å². The first-order valence-electron chi connectivity index (χ1n) is 10.3. The van der Waals surface area contributed by atoms with Gasteiger partial charge in [0.15, 0.2) is 0 Å². The Bertz CT molecular complexity index is 1050. The minimum absolute atomic E-state index is 0.0547. The normalized spacial score (nSPS) is 13.8. The number of hydrogen-bond donors (Lipinski definition) is 1. The first kappa shape index (κ1) is 19.8. The molecule has 0 bridgehead atoms.